The van der Waals surface area contributed by atoms with Gasteiger partial charge in [-0.25, -0.2) is 4.98 Å². The molecule has 0 radical (unpaired) electrons. The highest BCUT2D eigenvalue weighted by Gasteiger charge is 2.22. The summed E-state index contributed by atoms with van der Waals surface area (Å²) in [5, 5.41) is 6.11. The number of piperidine rings is 1. The highest BCUT2D eigenvalue weighted by atomic mass is 35.5. The van der Waals surface area contributed by atoms with Crippen LogP contribution in [0.25, 0.3) is 16.3 Å². The van der Waals surface area contributed by atoms with Crippen molar-refractivity contribution in [3.63, 3.8) is 0 Å². The van der Waals surface area contributed by atoms with Crippen molar-refractivity contribution in [1.29, 1.82) is 0 Å². The van der Waals surface area contributed by atoms with Gasteiger partial charge in [-0.2, -0.15) is 4.98 Å². The van der Waals surface area contributed by atoms with Crippen molar-refractivity contribution in [2.45, 2.75) is 32.7 Å². The first kappa shape index (κ1) is 19.3. The lowest BCUT2D eigenvalue weighted by atomic mass is 10.0. The Balaban J connectivity index is 1.33. The number of fused-ring (bicyclic) bond motifs is 1. The fourth-order valence-electron chi connectivity index (χ4n) is 3.57. The van der Waals surface area contributed by atoms with Crippen molar-refractivity contribution < 1.29 is 0 Å². The van der Waals surface area contributed by atoms with Crippen LogP contribution in [0.4, 0.5) is 5.82 Å². The summed E-state index contributed by atoms with van der Waals surface area (Å²) in [7, 11) is 0. The van der Waals surface area contributed by atoms with Crippen molar-refractivity contribution in [2.75, 3.05) is 24.5 Å². The summed E-state index contributed by atoms with van der Waals surface area (Å²) in [5.74, 6) is 0.985. The van der Waals surface area contributed by atoms with Crippen LogP contribution in [0, 0.1) is 13.8 Å². The van der Waals surface area contributed by atoms with Crippen LogP contribution in [0.2, 0.25) is 5.28 Å². The van der Waals surface area contributed by atoms with E-state index < -0.39 is 0 Å². The molecule has 4 rings (SSSR count). The van der Waals surface area contributed by atoms with Gasteiger partial charge >= 0.3 is 0 Å². The van der Waals surface area contributed by atoms with Gasteiger partial charge in [-0.3, -0.25) is 4.98 Å². The van der Waals surface area contributed by atoms with E-state index in [4.69, 9.17) is 11.6 Å². The van der Waals surface area contributed by atoms with Gasteiger partial charge < -0.3 is 10.2 Å². The molecule has 28 heavy (non-hydrogen) atoms. The van der Waals surface area contributed by atoms with Gasteiger partial charge in [-0.05, 0) is 66.4 Å². The van der Waals surface area contributed by atoms with E-state index in [1.807, 2.05) is 18.5 Å². The third kappa shape index (κ3) is 4.19. The van der Waals surface area contributed by atoms with E-state index in [1.54, 1.807) is 11.3 Å². The number of aryl methyl sites for hydroxylation is 2. The van der Waals surface area contributed by atoms with Crippen LogP contribution in [0.3, 0.4) is 0 Å². The highest BCUT2D eigenvalue weighted by molar-refractivity contribution is 7.18. The lowest BCUT2D eigenvalue weighted by Crippen LogP contribution is -2.43. The van der Waals surface area contributed by atoms with E-state index >= 15 is 0 Å². The predicted molar refractivity (Wildman–Crippen MR) is 118 cm³/mol. The number of hydrogen-bond acceptors (Lipinski definition) is 6. The van der Waals surface area contributed by atoms with Crippen LogP contribution >= 0.6 is 22.9 Å². The lowest BCUT2D eigenvalue weighted by molar-refractivity contribution is 0.429. The number of hydrogen-bond donors (Lipinski definition) is 1. The Morgan fingerprint density at radius 2 is 2.07 bits per heavy atom. The van der Waals surface area contributed by atoms with Gasteiger partial charge in [-0.15, -0.1) is 11.3 Å². The molecule has 7 heteroatoms. The Bertz CT molecular complexity index is 992. The molecule has 0 amide bonds. The fourth-order valence-corrected chi connectivity index (χ4v) is 4.74. The van der Waals surface area contributed by atoms with Crippen LogP contribution in [-0.2, 0) is 0 Å². The third-order valence-electron chi connectivity index (χ3n) is 5.24. The molecule has 3 aromatic heterocycles. The first-order valence-corrected chi connectivity index (χ1v) is 10.8. The third-order valence-corrected chi connectivity index (χ3v) is 6.50. The number of pyridine rings is 1. The molecular formula is C21H24ClN5S. The smallest absolute Gasteiger partial charge is 0.224 e. The minimum absolute atomic E-state index is 0.333. The Hall–Kier alpha value is -2.02. The number of anilines is 1. The molecule has 1 fully saturated rings. The number of nitrogens with zero attached hydrogens (tertiary/aromatic N) is 4. The molecule has 3 aromatic rings. The zero-order chi connectivity index (χ0) is 19.5. The second kappa shape index (κ2) is 8.55. The summed E-state index contributed by atoms with van der Waals surface area (Å²) in [4.78, 5) is 15.5. The van der Waals surface area contributed by atoms with E-state index in [2.05, 4.69) is 56.5 Å². The topological polar surface area (TPSA) is 53.9 Å². The molecule has 0 saturated carbocycles. The van der Waals surface area contributed by atoms with Gasteiger partial charge in [0, 0.05) is 38.1 Å². The normalized spacial score (nSPS) is 15.8. The largest absolute Gasteiger partial charge is 0.355 e. The Morgan fingerprint density at radius 1 is 1.25 bits per heavy atom. The number of nitrogens with one attached hydrogen (secondary N) is 1. The van der Waals surface area contributed by atoms with Crippen LogP contribution in [-0.4, -0.2) is 40.6 Å². The molecule has 1 saturated heterocycles. The maximum atomic E-state index is 6.18. The minimum atomic E-state index is 0.333. The Kier molecular flexibility index (Phi) is 5.90. The standard InChI is InChI=1S/C21H24ClN5S/c1-14-5-9-23-12-16(14)4-3-8-24-17-6-10-27(11-7-17)20-19-18(15(2)13-28-19)25-21(22)26-20/h3-5,9,12-13,17,24H,6-8,10-11H2,1-2H3/b4-3+. The number of rotatable bonds is 5. The average molecular weight is 414 g/mol. The van der Waals surface area contributed by atoms with Gasteiger partial charge in [0.2, 0.25) is 5.28 Å². The van der Waals surface area contributed by atoms with E-state index in [-0.39, 0.29) is 0 Å². The Morgan fingerprint density at radius 3 is 2.86 bits per heavy atom. The summed E-state index contributed by atoms with van der Waals surface area (Å²) in [6, 6.07) is 2.56. The first-order chi connectivity index (χ1) is 13.6. The summed E-state index contributed by atoms with van der Waals surface area (Å²) in [6.07, 6.45) is 10.2. The zero-order valence-electron chi connectivity index (χ0n) is 16.2. The predicted octanol–water partition coefficient (Wildman–Crippen LogP) is 4.63. The summed E-state index contributed by atoms with van der Waals surface area (Å²) in [5.41, 5.74) is 4.57. The average Bonchev–Trinajstić information content (AvgIpc) is 3.07. The quantitative estimate of drug-likeness (QED) is 0.618. The molecule has 0 spiro atoms. The number of thiophene rings is 1. The molecule has 1 N–H and O–H groups in total. The molecule has 0 aromatic carbocycles. The van der Waals surface area contributed by atoms with Crippen molar-refractivity contribution in [2.24, 2.45) is 0 Å². The van der Waals surface area contributed by atoms with Gasteiger partial charge in [0.25, 0.3) is 0 Å². The summed E-state index contributed by atoms with van der Waals surface area (Å²) < 4.78 is 1.14. The van der Waals surface area contributed by atoms with Crippen molar-refractivity contribution in [3.8, 4) is 0 Å². The lowest BCUT2D eigenvalue weighted by Gasteiger charge is -2.33. The van der Waals surface area contributed by atoms with Crippen LogP contribution < -0.4 is 10.2 Å². The van der Waals surface area contributed by atoms with Crippen LogP contribution in [0.1, 0.15) is 29.5 Å². The van der Waals surface area contributed by atoms with Crippen LogP contribution in [0.15, 0.2) is 29.9 Å². The molecule has 0 unspecified atom stereocenters. The molecule has 0 bridgehead atoms. The molecule has 0 atom stereocenters. The molecule has 4 heterocycles. The van der Waals surface area contributed by atoms with E-state index in [1.165, 1.54) is 11.1 Å². The van der Waals surface area contributed by atoms with E-state index in [0.717, 1.165) is 54.1 Å². The molecular weight excluding hydrogens is 390 g/mol. The molecule has 146 valence electrons. The maximum absolute atomic E-state index is 6.18. The van der Waals surface area contributed by atoms with Crippen molar-refractivity contribution >= 4 is 45.0 Å². The molecule has 5 nitrogen and oxygen atoms in total. The second-order valence-corrected chi connectivity index (χ2v) is 8.43. The van der Waals surface area contributed by atoms with E-state index in [9.17, 15) is 0 Å². The number of halogens is 1. The first-order valence-electron chi connectivity index (χ1n) is 9.58. The zero-order valence-corrected chi connectivity index (χ0v) is 17.7. The van der Waals surface area contributed by atoms with Gasteiger partial charge in [0.1, 0.15) is 0 Å². The maximum Gasteiger partial charge on any atom is 0.224 e. The molecule has 1 aliphatic heterocycles. The summed E-state index contributed by atoms with van der Waals surface area (Å²) in [6.45, 7) is 7.00. The second-order valence-electron chi connectivity index (χ2n) is 7.22. The van der Waals surface area contributed by atoms with Gasteiger partial charge in [-0.1, -0.05) is 12.2 Å². The molecule has 0 aliphatic carbocycles. The van der Waals surface area contributed by atoms with Gasteiger partial charge in [0.05, 0.1) is 10.2 Å². The highest BCUT2D eigenvalue weighted by Crippen LogP contribution is 2.33. The minimum Gasteiger partial charge on any atom is -0.355 e. The van der Waals surface area contributed by atoms with Crippen molar-refractivity contribution in [1.82, 2.24) is 20.3 Å². The Labute approximate surface area is 174 Å². The summed E-state index contributed by atoms with van der Waals surface area (Å²) >= 11 is 7.88. The SMILES string of the molecule is Cc1ccncc1/C=C/CNC1CCN(c2nc(Cl)nc3c(C)csc23)CC1. The molecule has 1 aliphatic rings. The number of aromatic nitrogens is 3. The van der Waals surface area contributed by atoms with Crippen molar-refractivity contribution in [3.05, 3.63) is 51.9 Å². The van der Waals surface area contributed by atoms with Crippen LogP contribution in [0.5, 0.6) is 0 Å². The van der Waals surface area contributed by atoms with Gasteiger partial charge in [0.15, 0.2) is 5.82 Å². The monoisotopic (exact) mass is 413 g/mol. The van der Waals surface area contributed by atoms with E-state index in [0.29, 0.717) is 11.3 Å². The fraction of sp³-hybridized carbons (Fsp3) is 0.381.